The van der Waals surface area contributed by atoms with E-state index in [2.05, 4.69) is 15.9 Å². The van der Waals surface area contributed by atoms with E-state index in [9.17, 15) is 4.79 Å². The third kappa shape index (κ3) is 2.64. The van der Waals surface area contributed by atoms with E-state index in [4.69, 9.17) is 9.84 Å². The number of rotatable bonds is 2. The Hall–Kier alpha value is -0.870. The van der Waals surface area contributed by atoms with Crippen LogP contribution in [0.15, 0.2) is 28.7 Å². The average Bonchev–Trinajstić information content (AvgIpc) is 2.09. The highest BCUT2D eigenvalue weighted by atomic mass is 79.9. The first-order valence-electron chi connectivity index (χ1n) is 3.29. The van der Waals surface area contributed by atoms with Crippen molar-refractivity contribution in [2.45, 2.75) is 0 Å². The third-order valence-corrected chi connectivity index (χ3v) is 1.70. The molecule has 0 radical (unpaired) electrons. The molecule has 0 unspecified atom stereocenters. The Kier molecular flexibility index (Phi) is 3.25. The van der Waals surface area contributed by atoms with Gasteiger partial charge in [0.05, 0.1) is 0 Å². The third-order valence-electron chi connectivity index (χ3n) is 1.17. The molecule has 3 nitrogen and oxygen atoms in total. The van der Waals surface area contributed by atoms with Crippen LogP contribution in [0.4, 0.5) is 0 Å². The number of ether oxygens (including phenoxy) is 1. The van der Waals surface area contributed by atoms with Gasteiger partial charge < -0.3 is 9.84 Å². The van der Waals surface area contributed by atoms with E-state index >= 15 is 0 Å². The Morgan fingerprint density at radius 3 is 2.50 bits per heavy atom. The molecule has 0 aromatic heterocycles. The van der Waals surface area contributed by atoms with E-state index in [0.29, 0.717) is 5.75 Å². The fourth-order valence-electron chi connectivity index (χ4n) is 0.666. The van der Waals surface area contributed by atoms with Crippen molar-refractivity contribution in [3.8, 4) is 5.75 Å². The molecule has 0 spiro atoms. The molecule has 0 aliphatic rings. The summed E-state index contributed by atoms with van der Waals surface area (Å²) in [4.78, 5) is 10.6. The number of carbonyl (C=O) groups excluding carboxylic acids is 1. The molecule has 0 saturated heterocycles. The molecule has 0 atom stereocenters. The SMILES string of the molecule is O=C(CO)Oc1ccc(Br)cc1. The standard InChI is InChI=1S/C8H7BrO3/c9-6-1-3-7(4-2-6)12-8(11)5-10/h1-4,10H,5H2. The maximum absolute atomic E-state index is 10.6. The van der Waals surface area contributed by atoms with Crippen molar-refractivity contribution in [2.24, 2.45) is 0 Å². The first-order valence-corrected chi connectivity index (χ1v) is 4.09. The van der Waals surface area contributed by atoms with E-state index in [1.54, 1.807) is 24.3 Å². The maximum atomic E-state index is 10.6. The number of hydrogen-bond donors (Lipinski definition) is 1. The van der Waals surface area contributed by atoms with Crippen molar-refractivity contribution in [1.29, 1.82) is 0 Å². The van der Waals surface area contributed by atoms with Gasteiger partial charge in [-0.3, -0.25) is 0 Å². The lowest BCUT2D eigenvalue weighted by atomic mass is 10.3. The molecule has 1 aromatic carbocycles. The molecule has 0 amide bonds. The fourth-order valence-corrected chi connectivity index (χ4v) is 0.931. The first-order chi connectivity index (χ1) is 5.72. The summed E-state index contributed by atoms with van der Waals surface area (Å²) in [5, 5.41) is 8.37. The lowest BCUT2D eigenvalue weighted by Gasteiger charge is -2.00. The molecule has 12 heavy (non-hydrogen) atoms. The number of carbonyl (C=O) groups is 1. The molecule has 0 aliphatic carbocycles. The summed E-state index contributed by atoms with van der Waals surface area (Å²) in [7, 11) is 0. The van der Waals surface area contributed by atoms with Crippen LogP contribution < -0.4 is 4.74 Å². The molecule has 0 heterocycles. The molecule has 0 bridgehead atoms. The van der Waals surface area contributed by atoms with Gasteiger partial charge in [0.2, 0.25) is 0 Å². The second-order valence-electron chi connectivity index (χ2n) is 2.09. The van der Waals surface area contributed by atoms with Crippen LogP contribution in [0.25, 0.3) is 0 Å². The van der Waals surface area contributed by atoms with E-state index in [-0.39, 0.29) is 0 Å². The highest BCUT2D eigenvalue weighted by molar-refractivity contribution is 9.10. The van der Waals surface area contributed by atoms with Gasteiger partial charge in [0.25, 0.3) is 0 Å². The number of aliphatic hydroxyl groups excluding tert-OH is 1. The zero-order valence-corrected chi connectivity index (χ0v) is 7.74. The van der Waals surface area contributed by atoms with Crippen LogP contribution in [0.5, 0.6) is 5.75 Å². The number of benzene rings is 1. The van der Waals surface area contributed by atoms with Crippen molar-refractivity contribution in [3.05, 3.63) is 28.7 Å². The molecule has 0 aliphatic heterocycles. The van der Waals surface area contributed by atoms with Crippen LogP contribution in [0, 0.1) is 0 Å². The molecule has 0 saturated carbocycles. The highest BCUT2D eigenvalue weighted by Crippen LogP contribution is 2.15. The largest absolute Gasteiger partial charge is 0.425 e. The maximum Gasteiger partial charge on any atom is 0.337 e. The zero-order valence-electron chi connectivity index (χ0n) is 6.16. The zero-order chi connectivity index (χ0) is 8.97. The first kappa shape index (κ1) is 9.22. The summed E-state index contributed by atoms with van der Waals surface area (Å²) >= 11 is 3.24. The summed E-state index contributed by atoms with van der Waals surface area (Å²) < 4.78 is 5.62. The van der Waals surface area contributed by atoms with Gasteiger partial charge in [0.15, 0.2) is 0 Å². The summed E-state index contributed by atoms with van der Waals surface area (Å²) in [6, 6.07) is 6.77. The number of esters is 1. The molecule has 64 valence electrons. The van der Waals surface area contributed by atoms with Gasteiger partial charge in [-0.15, -0.1) is 0 Å². The predicted molar refractivity (Wildman–Crippen MR) is 46.9 cm³/mol. The van der Waals surface area contributed by atoms with Gasteiger partial charge in [0, 0.05) is 4.47 Å². The Bertz CT molecular complexity index is 268. The molecule has 1 rings (SSSR count). The van der Waals surface area contributed by atoms with Crippen molar-refractivity contribution in [2.75, 3.05) is 6.61 Å². The molecular formula is C8H7BrO3. The molecular weight excluding hydrogens is 224 g/mol. The van der Waals surface area contributed by atoms with Crippen molar-refractivity contribution in [1.82, 2.24) is 0 Å². The minimum atomic E-state index is -0.655. The quantitative estimate of drug-likeness (QED) is 0.617. The molecule has 0 fully saturated rings. The minimum absolute atomic E-state index is 0.428. The monoisotopic (exact) mass is 230 g/mol. The van der Waals surface area contributed by atoms with Crippen LogP contribution in [0.3, 0.4) is 0 Å². The molecule has 4 heteroatoms. The topological polar surface area (TPSA) is 46.5 Å². The summed E-state index contributed by atoms with van der Waals surface area (Å²) in [5.41, 5.74) is 0. The smallest absolute Gasteiger partial charge is 0.337 e. The second kappa shape index (κ2) is 4.23. The Morgan fingerprint density at radius 1 is 1.42 bits per heavy atom. The number of halogens is 1. The van der Waals surface area contributed by atoms with Crippen LogP contribution >= 0.6 is 15.9 Å². The lowest BCUT2D eigenvalue weighted by molar-refractivity contribution is -0.137. The summed E-state index contributed by atoms with van der Waals surface area (Å²) in [6.07, 6.45) is 0. The predicted octanol–water partition coefficient (Wildman–Crippen LogP) is 1.35. The fraction of sp³-hybridized carbons (Fsp3) is 0.125. The van der Waals surface area contributed by atoms with E-state index < -0.39 is 12.6 Å². The van der Waals surface area contributed by atoms with Gasteiger partial charge in [-0.05, 0) is 24.3 Å². The minimum Gasteiger partial charge on any atom is -0.425 e. The normalized spacial score (nSPS) is 9.50. The highest BCUT2D eigenvalue weighted by Gasteiger charge is 2.00. The van der Waals surface area contributed by atoms with Crippen molar-refractivity contribution < 1.29 is 14.6 Å². The lowest BCUT2D eigenvalue weighted by Crippen LogP contribution is -2.11. The van der Waals surface area contributed by atoms with Gasteiger partial charge in [-0.25, -0.2) is 4.79 Å². The van der Waals surface area contributed by atoms with Gasteiger partial charge >= 0.3 is 5.97 Å². The van der Waals surface area contributed by atoms with Crippen LogP contribution in [-0.4, -0.2) is 17.7 Å². The Labute approximate surface area is 78.1 Å². The Morgan fingerprint density at radius 2 is 2.00 bits per heavy atom. The molecule has 1 aromatic rings. The average molecular weight is 231 g/mol. The number of hydrogen-bond acceptors (Lipinski definition) is 3. The van der Waals surface area contributed by atoms with E-state index in [1.807, 2.05) is 0 Å². The summed E-state index contributed by atoms with van der Waals surface area (Å²) in [5.74, 6) is -0.227. The molecule has 1 N–H and O–H groups in total. The number of aliphatic hydroxyl groups is 1. The van der Waals surface area contributed by atoms with Crippen LogP contribution in [-0.2, 0) is 4.79 Å². The Balaban J connectivity index is 2.64. The van der Waals surface area contributed by atoms with Crippen LogP contribution in [0.1, 0.15) is 0 Å². The van der Waals surface area contributed by atoms with Gasteiger partial charge in [-0.2, -0.15) is 0 Å². The van der Waals surface area contributed by atoms with E-state index in [1.165, 1.54) is 0 Å². The van der Waals surface area contributed by atoms with Gasteiger partial charge in [0.1, 0.15) is 12.4 Å². The van der Waals surface area contributed by atoms with Crippen molar-refractivity contribution in [3.63, 3.8) is 0 Å². The van der Waals surface area contributed by atoms with E-state index in [0.717, 1.165) is 4.47 Å². The van der Waals surface area contributed by atoms with Crippen molar-refractivity contribution >= 4 is 21.9 Å². The van der Waals surface area contributed by atoms with Gasteiger partial charge in [-0.1, -0.05) is 15.9 Å². The summed E-state index contributed by atoms with van der Waals surface area (Å²) in [6.45, 7) is -0.601. The van der Waals surface area contributed by atoms with Crippen LogP contribution in [0.2, 0.25) is 0 Å². The second-order valence-corrected chi connectivity index (χ2v) is 3.00.